The van der Waals surface area contributed by atoms with E-state index >= 15 is 0 Å². The van der Waals surface area contributed by atoms with E-state index < -0.39 is 0 Å². The van der Waals surface area contributed by atoms with Crippen LogP contribution >= 0.6 is 0 Å². The molecule has 3 aliphatic rings. The SMILES string of the molecule is COc1cc(C(=O)N2C[C@H]3COCC3(CN)C2)cc2nc(-c3cc4cccnc4n3CC3CC3)n(C)c12. The van der Waals surface area contributed by atoms with Crippen LogP contribution in [0.25, 0.3) is 33.6 Å². The average Bonchev–Trinajstić information content (AvgIpc) is 3.21. The molecule has 1 saturated carbocycles. The van der Waals surface area contributed by atoms with Gasteiger partial charge in [-0.25, -0.2) is 9.97 Å². The third-order valence-electron chi connectivity index (χ3n) is 8.64. The van der Waals surface area contributed by atoms with Gasteiger partial charge in [0.05, 0.1) is 31.5 Å². The van der Waals surface area contributed by atoms with Crippen molar-refractivity contribution in [1.29, 1.82) is 0 Å². The first-order valence-corrected chi connectivity index (χ1v) is 13.1. The maximum Gasteiger partial charge on any atom is 0.254 e. The highest BCUT2D eigenvalue weighted by molar-refractivity contribution is 6.00. The van der Waals surface area contributed by atoms with Crippen molar-refractivity contribution in [2.75, 3.05) is 40.0 Å². The normalized spacial score (nSPS) is 23.3. The average molecular weight is 501 g/mol. The molecule has 192 valence electrons. The number of imidazole rings is 1. The molecule has 9 heteroatoms. The number of likely N-dealkylation sites (tertiary alicyclic amines) is 1. The zero-order valence-electron chi connectivity index (χ0n) is 21.3. The number of hydrogen-bond acceptors (Lipinski definition) is 6. The minimum Gasteiger partial charge on any atom is -0.494 e. The van der Waals surface area contributed by atoms with Gasteiger partial charge in [0.15, 0.2) is 5.82 Å². The van der Waals surface area contributed by atoms with Crippen LogP contribution < -0.4 is 10.5 Å². The molecule has 1 aliphatic carbocycles. The molecule has 1 amide bonds. The summed E-state index contributed by atoms with van der Waals surface area (Å²) in [7, 11) is 3.65. The van der Waals surface area contributed by atoms with Gasteiger partial charge in [-0.1, -0.05) is 0 Å². The third-order valence-corrected chi connectivity index (χ3v) is 8.64. The second-order valence-electron chi connectivity index (χ2n) is 11.0. The standard InChI is InChI=1S/C28H32N6O3/c1-32-24-21(31-26(32)22-9-18-4-3-7-30-25(18)34(22)11-17-5-6-17)8-19(10-23(24)36-2)27(35)33-12-20-13-37-16-28(20,14-29)15-33/h3-4,7-10,17,20H,5-6,11-16,29H2,1-2H3/t20-,28?/m0/s1. The smallest absolute Gasteiger partial charge is 0.254 e. The van der Waals surface area contributed by atoms with E-state index in [9.17, 15) is 4.79 Å². The lowest BCUT2D eigenvalue weighted by atomic mass is 9.81. The molecule has 2 saturated heterocycles. The largest absolute Gasteiger partial charge is 0.494 e. The fourth-order valence-corrected chi connectivity index (χ4v) is 6.29. The van der Waals surface area contributed by atoms with Crippen LogP contribution in [0.15, 0.2) is 36.5 Å². The monoisotopic (exact) mass is 500 g/mol. The van der Waals surface area contributed by atoms with Crippen LogP contribution in [0, 0.1) is 17.3 Å². The van der Waals surface area contributed by atoms with Crippen LogP contribution in [0.5, 0.6) is 5.75 Å². The van der Waals surface area contributed by atoms with Crippen LogP contribution in [-0.2, 0) is 18.3 Å². The second kappa shape index (κ2) is 8.29. The Hall–Kier alpha value is -3.43. The number of aryl methyl sites for hydroxylation is 1. The van der Waals surface area contributed by atoms with Crippen LogP contribution in [-0.4, -0.2) is 69.9 Å². The number of rotatable bonds is 6. The van der Waals surface area contributed by atoms with Gasteiger partial charge in [-0.3, -0.25) is 4.79 Å². The Kier molecular flexibility index (Phi) is 5.10. The first-order chi connectivity index (χ1) is 18.0. The lowest BCUT2D eigenvalue weighted by molar-refractivity contribution is 0.0723. The Morgan fingerprint density at radius 3 is 2.92 bits per heavy atom. The number of amides is 1. The maximum absolute atomic E-state index is 13.7. The summed E-state index contributed by atoms with van der Waals surface area (Å²) >= 11 is 0. The Morgan fingerprint density at radius 1 is 1.30 bits per heavy atom. The number of pyridine rings is 1. The van der Waals surface area contributed by atoms with Crippen molar-refractivity contribution in [2.24, 2.45) is 30.0 Å². The van der Waals surface area contributed by atoms with Crippen molar-refractivity contribution >= 4 is 28.0 Å². The number of benzene rings is 1. The molecule has 1 aromatic carbocycles. The Balaban J connectivity index is 1.31. The highest BCUT2D eigenvalue weighted by Gasteiger charge is 2.51. The number of carbonyl (C=O) groups is 1. The van der Waals surface area contributed by atoms with E-state index in [0.29, 0.717) is 50.1 Å². The number of aromatic nitrogens is 4. The van der Waals surface area contributed by atoms with E-state index in [1.807, 2.05) is 36.3 Å². The van der Waals surface area contributed by atoms with Gasteiger partial charge in [0, 0.05) is 61.7 Å². The zero-order chi connectivity index (χ0) is 25.3. The summed E-state index contributed by atoms with van der Waals surface area (Å²) < 4.78 is 15.9. The molecule has 7 rings (SSSR count). The predicted octanol–water partition coefficient (Wildman–Crippen LogP) is 3.06. The molecular formula is C28H32N6O3. The molecule has 0 spiro atoms. The Bertz CT molecular complexity index is 1540. The molecule has 2 aliphatic heterocycles. The van der Waals surface area contributed by atoms with Crippen LogP contribution in [0.4, 0.5) is 0 Å². The van der Waals surface area contributed by atoms with Crippen molar-refractivity contribution in [2.45, 2.75) is 19.4 Å². The summed E-state index contributed by atoms with van der Waals surface area (Å²) in [6, 6.07) is 9.98. The Morgan fingerprint density at radius 2 is 2.16 bits per heavy atom. The molecule has 0 radical (unpaired) electrons. The van der Waals surface area contributed by atoms with Crippen LogP contribution in [0.2, 0.25) is 0 Å². The molecule has 2 N–H and O–H groups in total. The van der Waals surface area contributed by atoms with Gasteiger partial charge in [-0.2, -0.15) is 0 Å². The first-order valence-electron chi connectivity index (χ1n) is 13.1. The second-order valence-corrected chi connectivity index (χ2v) is 11.0. The fourth-order valence-electron chi connectivity index (χ4n) is 6.29. The zero-order valence-corrected chi connectivity index (χ0v) is 21.3. The number of carbonyl (C=O) groups excluding carboxylic acids is 1. The molecule has 5 heterocycles. The number of methoxy groups -OCH3 is 1. The van der Waals surface area contributed by atoms with Gasteiger partial charge in [0.25, 0.3) is 5.91 Å². The summed E-state index contributed by atoms with van der Waals surface area (Å²) in [6.45, 7) is 4.03. The van der Waals surface area contributed by atoms with Crippen molar-refractivity contribution in [3.8, 4) is 17.3 Å². The van der Waals surface area contributed by atoms with E-state index in [4.69, 9.17) is 20.2 Å². The summed E-state index contributed by atoms with van der Waals surface area (Å²) in [5.41, 5.74) is 10.2. The van der Waals surface area contributed by atoms with Crippen molar-refractivity contribution < 1.29 is 14.3 Å². The molecule has 9 nitrogen and oxygen atoms in total. The number of ether oxygens (including phenoxy) is 2. The molecule has 2 atom stereocenters. The molecule has 1 unspecified atom stereocenters. The van der Waals surface area contributed by atoms with Gasteiger partial charge < -0.3 is 29.2 Å². The van der Waals surface area contributed by atoms with Gasteiger partial charge in [-0.05, 0) is 49.1 Å². The minimum absolute atomic E-state index is 0.0123. The lowest BCUT2D eigenvalue weighted by Crippen LogP contribution is -2.39. The van der Waals surface area contributed by atoms with Gasteiger partial charge in [-0.15, -0.1) is 0 Å². The summed E-state index contributed by atoms with van der Waals surface area (Å²) in [5.74, 6) is 2.44. The summed E-state index contributed by atoms with van der Waals surface area (Å²) in [6.07, 6.45) is 4.35. The summed E-state index contributed by atoms with van der Waals surface area (Å²) in [5, 5.41) is 1.10. The van der Waals surface area contributed by atoms with Gasteiger partial charge in [0.1, 0.15) is 16.9 Å². The van der Waals surface area contributed by atoms with Crippen LogP contribution in [0.1, 0.15) is 23.2 Å². The van der Waals surface area contributed by atoms with Crippen molar-refractivity contribution in [3.63, 3.8) is 0 Å². The van der Waals surface area contributed by atoms with E-state index in [0.717, 1.165) is 40.1 Å². The molecule has 3 aromatic heterocycles. The molecule has 0 bridgehead atoms. The van der Waals surface area contributed by atoms with Gasteiger partial charge >= 0.3 is 0 Å². The highest BCUT2D eigenvalue weighted by Crippen LogP contribution is 2.42. The van der Waals surface area contributed by atoms with E-state index in [-0.39, 0.29) is 17.2 Å². The highest BCUT2D eigenvalue weighted by atomic mass is 16.5. The third kappa shape index (κ3) is 3.48. The van der Waals surface area contributed by atoms with E-state index in [1.165, 1.54) is 12.8 Å². The number of hydrogen-bond donors (Lipinski definition) is 1. The van der Waals surface area contributed by atoms with Crippen LogP contribution in [0.3, 0.4) is 0 Å². The number of fused-ring (bicyclic) bond motifs is 3. The van der Waals surface area contributed by atoms with Crippen molar-refractivity contribution in [3.05, 3.63) is 42.1 Å². The molecule has 37 heavy (non-hydrogen) atoms. The fraction of sp³-hybridized carbons (Fsp3) is 0.464. The molecule has 4 aromatic rings. The maximum atomic E-state index is 13.7. The van der Waals surface area contributed by atoms with Crippen molar-refractivity contribution in [1.82, 2.24) is 24.0 Å². The molecular weight excluding hydrogens is 468 g/mol. The first kappa shape index (κ1) is 22.7. The Labute approximate surface area is 215 Å². The molecule has 3 fully saturated rings. The van der Waals surface area contributed by atoms with E-state index in [1.54, 1.807) is 7.11 Å². The van der Waals surface area contributed by atoms with Gasteiger partial charge in [0.2, 0.25) is 0 Å². The number of nitrogens with zero attached hydrogens (tertiary/aromatic N) is 5. The minimum atomic E-state index is -0.134. The topological polar surface area (TPSA) is 100 Å². The summed E-state index contributed by atoms with van der Waals surface area (Å²) in [4.78, 5) is 25.3. The van der Waals surface area contributed by atoms with E-state index in [2.05, 4.69) is 26.3 Å². The number of nitrogens with two attached hydrogens (primary N) is 1. The lowest BCUT2D eigenvalue weighted by Gasteiger charge is -2.25. The predicted molar refractivity (Wildman–Crippen MR) is 140 cm³/mol. The quantitative estimate of drug-likeness (QED) is 0.437.